The second-order valence-corrected chi connectivity index (χ2v) is 14.7. The third-order valence-electron chi connectivity index (χ3n) is 9.81. The summed E-state index contributed by atoms with van der Waals surface area (Å²) in [6, 6.07) is 17.1. The van der Waals surface area contributed by atoms with Crippen LogP contribution in [0.5, 0.6) is 17.4 Å². The van der Waals surface area contributed by atoms with Crippen LogP contribution in [0.25, 0.3) is 0 Å². The maximum Gasteiger partial charge on any atom is 0.422 e. The molecule has 4 heterocycles. The van der Waals surface area contributed by atoms with Gasteiger partial charge >= 0.3 is 6.18 Å². The van der Waals surface area contributed by atoms with E-state index in [-0.39, 0.29) is 35.6 Å². The molecule has 3 fully saturated rings. The van der Waals surface area contributed by atoms with Crippen molar-refractivity contribution in [2.75, 3.05) is 46.2 Å². The normalized spacial score (nSPS) is 17.5. The van der Waals surface area contributed by atoms with Crippen molar-refractivity contribution in [2.45, 2.75) is 98.2 Å². The summed E-state index contributed by atoms with van der Waals surface area (Å²) in [5, 5.41) is 0. The van der Waals surface area contributed by atoms with Gasteiger partial charge in [0, 0.05) is 29.8 Å². The van der Waals surface area contributed by atoms with Crippen LogP contribution in [0.4, 0.5) is 13.2 Å². The lowest BCUT2D eigenvalue weighted by Gasteiger charge is -2.22. The highest BCUT2D eigenvalue weighted by Crippen LogP contribution is 2.28. The molecule has 0 unspecified atom stereocenters. The fourth-order valence-electron chi connectivity index (χ4n) is 6.40. The zero-order valence-electron chi connectivity index (χ0n) is 35.1. The molecule has 0 radical (unpaired) electrons. The molecule has 2 aromatic heterocycles. The number of ether oxygens (including phenoxy) is 6. The van der Waals surface area contributed by atoms with E-state index in [1.807, 2.05) is 32.9 Å². The molecular formula is C46H56F3N3O8. The molecule has 0 spiro atoms. The average molecular weight is 836 g/mol. The van der Waals surface area contributed by atoms with Crippen molar-refractivity contribution in [3.63, 3.8) is 0 Å². The largest absolute Gasteiger partial charge is 0.491 e. The summed E-state index contributed by atoms with van der Waals surface area (Å²) < 4.78 is 72.9. The minimum Gasteiger partial charge on any atom is -0.491 e. The van der Waals surface area contributed by atoms with Crippen molar-refractivity contribution in [3.05, 3.63) is 115 Å². The first kappa shape index (κ1) is 46.0. The SMILES string of the molecule is CC.Cc1cc(C#CC2CC2)ccc1Cn1c(C)nc(OC[C@H]2COCCO2)cc1=O.Cc1cc(OC[C@H]2CCCCO2)cc(=O)n1Cc1cccc(OCC(F)(F)F)c1. The van der Waals surface area contributed by atoms with Gasteiger partial charge in [-0.15, -0.1) is 0 Å². The molecule has 3 aliphatic rings. The molecule has 0 amide bonds. The highest BCUT2D eigenvalue weighted by Gasteiger charge is 2.28. The van der Waals surface area contributed by atoms with Crippen LogP contribution in [0.3, 0.4) is 0 Å². The van der Waals surface area contributed by atoms with Crippen LogP contribution >= 0.6 is 0 Å². The molecule has 2 aliphatic heterocycles. The molecule has 4 aromatic rings. The number of nitrogens with zero attached hydrogens (tertiary/aromatic N) is 3. The number of halogens is 3. The van der Waals surface area contributed by atoms with Crippen molar-refractivity contribution < 1.29 is 41.6 Å². The summed E-state index contributed by atoms with van der Waals surface area (Å²) in [6.07, 6.45) is 1.09. The molecule has 14 heteroatoms. The fourth-order valence-corrected chi connectivity index (χ4v) is 6.40. The van der Waals surface area contributed by atoms with E-state index in [2.05, 4.69) is 29.8 Å². The molecule has 0 bridgehead atoms. The Bertz CT molecular complexity index is 2180. The van der Waals surface area contributed by atoms with Crippen LogP contribution in [0, 0.1) is 38.5 Å². The lowest BCUT2D eigenvalue weighted by atomic mass is 10.0. The highest BCUT2D eigenvalue weighted by atomic mass is 19.4. The van der Waals surface area contributed by atoms with Crippen LogP contribution < -0.4 is 25.3 Å². The van der Waals surface area contributed by atoms with Crippen molar-refractivity contribution >= 4 is 0 Å². The van der Waals surface area contributed by atoms with E-state index in [0.717, 1.165) is 42.6 Å². The van der Waals surface area contributed by atoms with Crippen LogP contribution in [0.15, 0.2) is 70.3 Å². The summed E-state index contributed by atoms with van der Waals surface area (Å²) in [4.78, 5) is 29.6. The number of aromatic nitrogens is 3. The van der Waals surface area contributed by atoms with Crippen LogP contribution in [0.2, 0.25) is 0 Å². The molecule has 60 heavy (non-hydrogen) atoms. The Morgan fingerprint density at radius 3 is 2.22 bits per heavy atom. The molecule has 2 atom stereocenters. The topological polar surface area (TPSA) is 112 Å². The number of aryl methyl sites for hydroxylation is 3. The van der Waals surface area contributed by atoms with Crippen molar-refractivity contribution in [3.8, 4) is 29.2 Å². The lowest BCUT2D eigenvalue weighted by Crippen LogP contribution is -2.34. The Morgan fingerprint density at radius 1 is 0.783 bits per heavy atom. The number of rotatable bonds is 12. The molecule has 324 valence electrons. The Labute approximate surface area is 349 Å². The second-order valence-electron chi connectivity index (χ2n) is 14.7. The van der Waals surface area contributed by atoms with Gasteiger partial charge in [-0.1, -0.05) is 43.9 Å². The van der Waals surface area contributed by atoms with Gasteiger partial charge < -0.3 is 33.0 Å². The smallest absolute Gasteiger partial charge is 0.422 e. The van der Waals surface area contributed by atoms with Gasteiger partial charge in [-0.3, -0.25) is 14.2 Å². The van der Waals surface area contributed by atoms with Gasteiger partial charge in [0.15, 0.2) is 6.61 Å². The lowest BCUT2D eigenvalue weighted by molar-refractivity contribution is -0.153. The fraction of sp³-hybridized carbons (Fsp3) is 0.500. The van der Waals surface area contributed by atoms with E-state index in [4.69, 9.17) is 28.4 Å². The van der Waals surface area contributed by atoms with Crippen molar-refractivity contribution in [1.29, 1.82) is 0 Å². The first-order valence-corrected chi connectivity index (χ1v) is 20.6. The third-order valence-corrected chi connectivity index (χ3v) is 9.81. The molecule has 2 saturated heterocycles. The standard InChI is InChI=1S/C23H26N2O4.C21H24F3NO4.C2H6/c1-16-11-19(6-5-18-3-4-18)7-8-20(16)13-25-17(2)24-22(12-23(25)26)29-15-21-14-27-9-10-28-21;1-15-9-19(28-13-18-6-2-3-8-27-18)11-20(26)25(15)12-16-5-4-7-17(10-16)29-14-21(22,23)24;1-2/h7-8,11-12,18,21H,3-4,9-10,13-15H2,1-2H3;4-5,7,9-11,18H,2-3,6,8,12-14H2,1H3;1-2H3/t21-;18-;/m11./s1. The van der Waals surface area contributed by atoms with Gasteiger partial charge in [0.05, 0.1) is 45.1 Å². The number of hydrogen-bond donors (Lipinski definition) is 0. The number of benzene rings is 2. The zero-order valence-corrected chi connectivity index (χ0v) is 35.1. The van der Waals surface area contributed by atoms with Crippen LogP contribution in [-0.2, 0) is 27.3 Å². The molecule has 2 aromatic carbocycles. The summed E-state index contributed by atoms with van der Waals surface area (Å²) in [5.74, 6) is 8.64. The maximum absolute atomic E-state index is 12.6. The van der Waals surface area contributed by atoms with Crippen LogP contribution in [-0.4, -0.2) is 78.8 Å². The quantitative estimate of drug-likeness (QED) is 0.133. The Hall–Kier alpha value is -5.10. The predicted octanol–water partition coefficient (Wildman–Crippen LogP) is 7.58. The van der Waals surface area contributed by atoms with E-state index in [1.54, 1.807) is 29.7 Å². The van der Waals surface area contributed by atoms with Crippen LogP contribution in [0.1, 0.15) is 79.7 Å². The monoisotopic (exact) mass is 835 g/mol. The molecule has 1 aliphatic carbocycles. The first-order chi connectivity index (χ1) is 28.9. The first-order valence-electron chi connectivity index (χ1n) is 20.6. The number of hydrogen-bond acceptors (Lipinski definition) is 9. The Morgan fingerprint density at radius 2 is 1.55 bits per heavy atom. The van der Waals surface area contributed by atoms with Gasteiger partial charge in [0.1, 0.15) is 36.6 Å². The molecule has 7 rings (SSSR count). The van der Waals surface area contributed by atoms with Crippen molar-refractivity contribution in [2.24, 2.45) is 5.92 Å². The minimum atomic E-state index is -4.40. The van der Waals surface area contributed by atoms with Gasteiger partial charge in [-0.25, -0.2) is 4.98 Å². The summed E-state index contributed by atoms with van der Waals surface area (Å²) in [7, 11) is 0. The number of pyridine rings is 1. The van der Waals surface area contributed by atoms with Gasteiger partial charge in [0.2, 0.25) is 5.88 Å². The molecular weight excluding hydrogens is 780 g/mol. The van der Waals surface area contributed by atoms with Crippen molar-refractivity contribution in [1.82, 2.24) is 14.1 Å². The van der Waals surface area contributed by atoms with E-state index in [1.165, 1.54) is 41.7 Å². The minimum absolute atomic E-state index is 0.0472. The Balaban J connectivity index is 0.000000219. The second kappa shape index (κ2) is 22.5. The predicted molar refractivity (Wildman–Crippen MR) is 222 cm³/mol. The molecule has 1 saturated carbocycles. The molecule has 0 N–H and O–H groups in total. The summed E-state index contributed by atoms with van der Waals surface area (Å²) in [6.45, 7) is 12.1. The van der Waals surface area contributed by atoms with E-state index in [9.17, 15) is 22.8 Å². The zero-order chi connectivity index (χ0) is 43.1. The van der Waals surface area contributed by atoms with E-state index >= 15 is 0 Å². The average Bonchev–Trinajstić information content (AvgIpc) is 4.08. The maximum atomic E-state index is 12.6. The third kappa shape index (κ3) is 14.9. The summed E-state index contributed by atoms with van der Waals surface area (Å²) >= 11 is 0. The number of alkyl halides is 3. The van der Waals surface area contributed by atoms with Gasteiger partial charge in [0.25, 0.3) is 11.1 Å². The summed E-state index contributed by atoms with van der Waals surface area (Å²) in [5.41, 5.74) is 4.20. The highest BCUT2D eigenvalue weighted by molar-refractivity contribution is 5.41. The van der Waals surface area contributed by atoms with Gasteiger partial charge in [-0.2, -0.15) is 13.2 Å². The molecule has 11 nitrogen and oxygen atoms in total. The van der Waals surface area contributed by atoms with E-state index < -0.39 is 12.8 Å². The van der Waals surface area contributed by atoms with E-state index in [0.29, 0.717) is 74.2 Å². The van der Waals surface area contributed by atoms with Gasteiger partial charge in [-0.05, 0) is 99.9 Å². The Kier molecular flexibility index (Phi) is 17.2.